The summed E-state index contributed by atoms with van der Waals surface area (Å²) >= 11 is 5.75. The van der Waals surface area contributed by atoms with Crippen LogP contribution in [0, 0.1) is 12.7 Å². The summed E-state index contributed by atoms with van der Waals surface area (Å²) < 4.78 is 40.9. The van der Waals surface area contributed by atoms with Gasteiger partial charge in [0, 0.05) is 31.7 Å². The molecule has 0 spiro atoms. The van der Waals surface area contributed by atoms with Crippen LogP contribution in [0.15, 0.2) is 47.4 Å². The molecule has 1 atom stereocenters. The average Bonchev–Trinajstić information content (AvgIpc) is 3.19. The largest absolute Gasteiger partial charge is 0.352 e. The summed E-state index contributed by atoms with van der Waals surface area (Å²) in [5, 5.41) is 2.18. The van der Waals surface area contributed by atoms with Crippen LogP contribution in [-0.2, 0) is 14.8 Å². The Morgan fingerprint density at radius 3 is 2.61 bits per heavy atom. The maximum atomic E-state index is 13.5. The van der Waals surface area contributed by atoms with Crippen LogP contribution in [0.4, 0.5) is 4.39 Å². The molecule has 2 aromatic rings. The van der Waals surface area contributed by atoms with Gasteiger partial charge in [0.2, 0.25) is 10.0 Å². The summed E-state index contributed by atoms with van der Waals surface area (Å²) in [5.74, 6) is -1.93. The van der Waals surface area contributed by atoms with Gasteiger partial charge in [-0.1, -0.05) is 29.3 Å². The van der Waals surface area contributed by atoms with Gasteiger partial charge >= 0.3 is 0 Å². The van der Waals surface area contributed by atoms with Crippen LogP contribution in [0.1, 0.15) is 15.9 Å². The third kappa shape index (κ3) is 4.72. The minimum Gasteiger partial charge on any atom is -0.352 e. The van der Waals surface area contributed by atoms with Gasteiger partial charge in [0.1, 0.15) is 5.82 Å². The van der Waals surface area contributed by atoms with Crippen LogP contribution >= 0.6 is 11.6 Å². The fourth-order valence-electron chi connectivity index (χ4n) is 3.35. The van der Waals surface area contributed by atoms with E-state index in [2.05, 4.69) is 5.32 Å². The van der Waals surface area contributed by atoms with E-state index in [0.717, 1.165) is 28.1 Å². The van der Waals surface area contributed by atoms with Gasteiger partial charge in [0.05, 0.1) is 9.92 Å². The Morgan fingerprint density at radius 1 is 1.23 bits per heavy atom. The number of benzene rings is 2. The first-order chi connectivity index (χ1) is 14.7. The van der Waals surface area contributed by atoms with Gasteiger partial charge in [-0.05, 0) is 37.3 Å². The normalized spacial score (nSPS) is 17.0. The summed E-state index contributed by atoms with van der Waals surface area (Å²) in [6.07, 6.45) is -1.42. The van der Waals surface area contributed by atoms with Crippen molar-refractivity contribution >= 4 is 33.4 Å². The van der Waals surface area contributed by atoms with Crippen molar-refractivity contribution in [1.29, 1.82) is 0 Å². The lowest BCUT2D eigenvalue weighted by molar-refractivity contribution is -0.127. The first-order valence-corrected chi connectivity index (χ1v) is 11.3. The molecule has 1 aliphatic rings. The zero-order valence-corrected chi connectivity index (χ0v) is 18.3. The Labute approximate surface area is 184 Å². The minimum absolute atomic E-state index is 0.00163. The first-order valence-electron chi connectivity index (χ1n) is 9.49. The zero-order valence-electron chi connectivity index (χ0n) is 16.7. The SMILES string of the molecule is Cc1cccc(C(=O)N2CCN(S(=O)(=O)c3ccc(F)c(Cl)c3)C2C(=O)NCCN)c1. The fourth-order valence-corrected chi connectivity index (χ4v) is 5.16. The molecule has 0 aliphatic carbocycles. The van der Waals surface area contributed by atoms with E-state index in [0.29, 0.717) is 5.56 Å². The van der Waals surface area contributed by atoms with E-state index < -0.39 is 33.8 Å². The summed E-state index contributed by atoms with van der Waals surface area (Å²) in [6, 6.07) is 9.76. The van der Waals surface area contributed by atoms with Crippen molar-refractivity contribution in [2.75, 3.05) is 26.2 Å². The van der Waals surface area contributed by atoms with Gasteiger partial charge in [-0.25, -0.2) is 12.8 Å². The Hall–Kier alpha value is -2.53. The lowest BCUT2D eigenvalue weighted by Gasteiger charge is -2.29. The number of rotatable bonds is 6. The molecular formula is C20H22ClFN4O4S. The molecule has 3 N–H and O–H groups in total. The lowest BCUT2D eigenvalue weighted by atomic mass is 10.1. The minimum atomic E-state index is -4.26. The predicted molar refractivity (Wildman–Crippen MR) is 113 cm³/mol. The molecule has 1 saturated heterocycles. The molecule has 2 aromatic carbocycles. The van der Waals surface area contributed by atoms with Crippen molar-refractivity contribution in [1.82, 2.24) is 14.5 Å². The smallest absolute Gasteiger partial charge is 0.259 e. The van der Waals surface area contributed by atoms with Crippen LogP contribution < -0.4 is 11.1 Å². The Bertz CT molecular complexity index is 1110. The highest BCUT2D eigenvalue weighted by Gasteiger charge is 2.46. The van der Waals surface area contributed by atoms with Crippen LogP contribution in [0.2, 0.25) is 5.02 Å². The second-order valence-corrected chi connectivity index (χ2v) is 9.31. The van der Waals surface area contributed by atoms with Crippen molar-refractivity contribution in [2.24, 2.45) is 5.73 Å². The molecule has 0 saturated carbocycles. The van der Waals surface area contributed by atoms with Gasteiger partial charge in [0.15, 0.2) is 6.17 Å². The quantitative estimate of drug-likeness (QED) is 0.664. The van der Waals surface area contributed by atoms with Crippen molar-refractivity contribution < 1.29 is 22.4 Å². The molecule has 0 bridgehead atoms. The molecule has 11 heteroatoms. The molecule has 31 heavy (non-hydrogen) atoms. The highest BCUT2D eigenvalue weighted by Crippen LogP contribution is 2.28. The van der Waals surface area contributed by atoms with Gasteiger partial charge in [-0.2, -0.15) is 4.31 Å². The van der Waals surface area contributed by atoms with Gasteiger partial charge < -0.3 is 16.0 Å². The molecule has 1 unspecified atom stereocenters. The third-order valence-electron chi connectivity index (χ3n) is 4.83. The number of amides is 2. The predicted octanol–water partition coefficient (Wildman–Crippen LogP) is 1.34. The number of hydrogen-bond donors (Lipinski definition) is 2. The first kappa shape index (κ1) is 23.1. The maximum Gasteiger partial charge on any atom is 0.259 e. The highest BCUT2D eigenvalue weighted by molar-refractivity contribution is 7.89. The average molecular weight is 469 g/mol. The van der Waals surface area contributed by atoms with Crippen LogP contribution in [0.5, 0.6) is 0 Å². The maximum absolute atomic E-state index is 13.5. The third-order valence-corrected chi connectivity index (χ3v) is 6.97. The van der Waals surface area contributed by atoms with Crippen molar-refractivity contribution in [3.05, 3.63) is 64.4 Å². The molecule has 3 rings (SSSR count). The Balaban J connectivity index is 2.00. The summed E-state index contributed by atoms with van der Waals surface area (Å²) in [4.78, 5) is 26.9. The van der Waals surface area contributed by atoms with E-state index in [1.54, 1.807) is 18.2 Å². The number of sulfonamides is 1. The molecule has 0 aromatic heterocycles. The molecule has 1 fully saturated rings. The Morgan fingerprint density at radius 2 is 1.97 bits per heavy atom. The van der Waals surface area contributed by atoms with E-state index in [4.69, 9.17) is 17.3 Å². The number of nitrogens with zero attached hydrogens (tertiary/aromatic N) is 2. The van der Waals surface area contributed by atoms with Gasteiger partial charge in [0.25, 0.3) is 11.8 Å². The number of carbonyl (C=O) groups excluding carboxylic acids is 2. The van der Waals surface area contributed by atoms with Crippen molar-refractivity contribution in [3.63, 3.8) is 0 Å². The number of hydrogen-bond acceptors (Lipinski definition) is 5. The number of halogens is 2. The number of nitrogens with two attached hydrogens (primary N) is 1. The van der Waals surface area contributed by atoms with Crippen LogP contribution in [0.25, 0.3) is 0 Å². The van der Waals surface area contributed by atoms with E-state index in [-0.39, 0.29) is 36.1 Å². The molecule has 166 valence electrons. The molecule has 1 heterocycles. The molecule has 8 nitrogen and oxygen atoms in total. The van der Waals surface area contributed by atoms with E-state index in [1.807, 2.05) is 13.0 Å². The summed E-state index contributed by atoms with van der Waals surface area (Å²) in [6.45, 7) is 1.96. The van der Waals surface area contributed by atoms with Crippen molar-refractivity contribution in [3.8, 4) is 0 Å². The highest BCUT2D eigenvalue weighted by atomic mass is 35.5. The molecule has 1 aliphatic heterocycles. The number of carbonyl (C=O) groups is 2. The van der Waals surface area contributed by atoms with Crippen LogP contribution in [-0.4, -0.2) is 61.8 Å². The number of aryl methyl sites for hydroxylation is 1. The summed E-state index contributed by atoms with van der Waals surface area (Å²) in [7, 11) is -4.26. The van der Waals surface area contributed by atoms with Gasteiger partial charge in [-0.3, -0.25) is 9.59 Å². The second-order valence-electron chi connectivity index (χ2n) is 7.01. The zero-order chi connectivity index (χ0) is 22.8. The topological polar surface area (TPSA) is 113 Å². The van der Waals surface area contributed by atoms with E-state index in [1.165, 1.54) is 4.90 Å². The van der Waals surface area contributed by atoms with Crippen LogP contribution in [0.3, 0.4) is 0 Å². The second kappa shape index (κ2) is 9.31. The van der Waals surface area contributed by atoms with E-state index >= 15 is 0 Å². The monoisotopic (exact) mass is 468 g/mol. The number of nitrogens with one attached hydrogen (secondary N) is 1. The molecule has 2 amide bonds. The summed E-state index contributed by atoms with van der Waals surface area (Å²) in [5.41, 5.74) is 6.62. The molecule has 0 radical (unpaired) electrons. The van der Waals surface area contributed by atoms with Crippen molar-refractivity contribution in [2.45, 2.75) is 18.0 Å². The Kier molecular flexibility index (Phi) is 6.95. The lowest BCUT2D eigenvalue weighted by Crippen LogP contribution is -2.54. The standard InChI is InChI=1S/C20H22ClFN4O4S/c1-13-3-2-4-14(11-13)20(28)25-9-10-26(19(25)18(27)24-8-7-23)31(29,30)15-5-6-17(22)16(21)12-15/h2-6,11-12,19H,7-10,23H2,1H3,(H,24,27). The van der Waals surface area contributed by atoms with Gasteiger partial charge in [-0.15, -0.1) is 0 Å². The molecular weight excluding hydrogens is 447 g/mol. The fraction of sp³-hybridized carbons (Fsp3) is 0.300. The van der Waals surface area contributed by atoms with E-state index in [9.17, 15) is 22.4 Å².